The molecule has 5 nitrogen and oxygen atoms in total. The summed E-state index contributed by atoms with van der Waals surface area (Å²) in [5.74, 6) is 0.699. The van der Waals surface area contributed by atoms with Gasteiger partial charge in [0.05, 0.1) is 11.5 Å². The van der Waals surface area contributed by atoms with Crippen LogP contribution in [0.15, 0.2) is 29.2 Å². The lowest BCUT2D eigenvalue weighted by molar-refractivity contribution is 0.317. The van der Waals surface area contributed by atoms with Gasteiger partial charge in [-0.2, -0.15) is 0 Å². The number of sulfonamides is 1. The van der Waals surface area contributed by atoms with Crippen LogP contribution in [0.1, 0.15) is 26.2 Å². The van der Waals surface area contributed by atoms with Gasteiger partial charge < -0.3 is 10.1 Å². The van der Waals surface area contributed by atoms with Gasteiger partial charge in [-0.15, -0.1) is 0 Å². The topological polar surface area (TPSA) is 67.4 Å². The maximum Gasteiger partial charge on any atom is 0.240 e. The second-order valence-corrected chi connectivity index (χ2v) is 6.70. The van der Waals surface area contributed by atoms with Crippen LogP contribution in [0.2, 0.25) is 0 Å². The Morgan fingerprint density at radius 1 is 1.35 bits per heavy atom. The third kappa shape index (κ3) is 4.19. The molecular weight excluding hydrogens is 276 g/mol. The second-order valence-electron chi connectivity index (χ2n) is 4.98. The van der Waals surface area contributed by atoms with Crippen molar-refractivity contribution < 1.29 is 13.2 Å². The molecule has 1 aliphatic rings. The monoisotopic (exact) mass is 298 g/mol. The van der Waals surface area contributed by atoms with Crippen LogP contribution in [0, 0.1) is 0 Å². The second kappa shape index (κ2) is 7.06. The Kier molecular flexibility index (Phi) is 5.39. The number of nitrogens with one attached hydrogen (secondary N) is 2. The largest absolute Gasteiger partial charge is 0.494 e. The molecule has 1 aromatic carbocycles. The zero-order valence-electron chi connectivity index (χ0n) is 11.8. The standard InChI is InChI=1S/C14H22N2O3S/c1-2-10-19-13-5-7-14(8-6-13)20(17,18)16-12-4-3-9-15-11-12/h5-8,12,15-16H,2-4,9-11H2,1H3. The number of hydrogen-bond donors (Lipinski definition) is 2. The number of piperidine rings is 1. The van der Waals surface area contributed by atoms with E-state index in [-0.39, 0.29) is 10.9 Å². The van der Waals surface area contributed by atoms with Crippen LogP contribution in [0.5, 0.6) is 5.75 Å². The molecule has 1 fully saturated rings. The van der Waals surface area contributed by atoms with Gasteiger partial charge in [0.25, 0.3) is 0 Å². The lowest BCUT2D eigenvalue weighted by Gasteiger charge is -2.23. The molecule has 6 heteroatoms. The summed E-state index contributed by atoms with van der Waals surface area (Å²) in [6, 6.07) is 6.55. The Morgan fingerprint density at radius 2 is 2.10 bits per heavy atom. The Morgan fingerprint density at radius 3 is 2.70 bits per heavy atom. The first-order valence-corrected chi connectivity index (χ1v) is 8.56. The molecule has 2 rings (SSSR count). The van der Waals surface area contributed by atoms with Crippen molar-refractivity contribution in [3.05, 3.63) is 24.3 Å². The van der Waals surface area contributed by atoms with E-state index in [1.165, 1.54) is 0 Å². The maximum atomic E-state index is 12.2. The third-order valence-corrected chi connectivity index (χ3v) is 4.76. The van der Waals surface area contributed by atoms with Gasteiger partial charge in [0.1, 0.15) is 5.75 Å². The van der Waals surface area contributed by atoms with Crippen LogP contribution < -0.4 is 14.8 Å². The van der Waals surface area contributed by atoms with Gasteiger partial charge in [-0.25, -0.2) is 13.1 Å². The minimum absolute atomic E-state index is 0.0234. The summed E-state index contributed by atoms with van der Waals surface area (Å²) in [4.78, 5) is 0.284. The van der Waals surface area contributed by atoms with Gasteiger partial charge >= 0.3 is 0 Å². The van der Waals surface area contributed by atoms with Crippen LogP contribution >= 0.6 is 0 Å². The molecule has 0 amide bonds. The van der Waals surface area contributed by atoms with Gasteiger partial charge in [-0.05, 0) is 50.1 Å². The van der Waals surface area contributed by atoms with Crippen LogP contribution in [0.3, 0.4) is 0 Å². The summed E-state index contributed by atoms with van der Waals surface area (Å²) in [7, 11) is -3.44. The minimum atomic E-state index is -3.44. The van der Waals surface area contributed by atoms with E-state index in [0.717, 1.165) is 25.8 Å². The van der Waals surface area contributed by atoms with Crippen molar-refractivity contribution in [2.45, 2.75) is 37.1 Å². The van der Waals surface area contributed by atoms with Gasteiger partial charge in [0, 0.05) is 12.6 Å². The molecule has 1 aromatic rings. The lowest BCUT2D eigenvalue weighted by Crippen LogP contribution is -2.45. The van der Waals surface area contributed by atoms with Crippen molar-refractivity contribution in [2.75, 3.05) is 19.7 Å². The first-order valence-electron chi connectivity index (χ1n) is 7.08. The molecular formula is C14H22N2O3S. The molecule has 0 spiro atoms. The predicted molar refractivity (Wildman–Crippen MR) is 78.4 cm³/mol. The predicted octanol–water partition coefficient (Wildman–Crippen LogP) is 1.51. The fourth-order valence-electron chi connectivity index (χ4n) is 2.17. The van der Waals surface area contributed by atoms with Crippen LogP contribution in [-0.2, 0) is 10.0 Å². The van der Waals surface area contributed by atoms with E-state index < -0.39 is 10.0 Å². The summed E-state index contributed by atoms with van der Waals surface area (Å²) >= 11 is 0. The molecule has 1 heterocycles. The Hall–Kier alpha value is -1.11. The highest BCUT2D eigenvalue weighted by Crippen LogP contribution is 2.17. The Bertz CT molecular complexity index is 508. The summed E-state index contributed by atoms with van der Waals surface area (Å²) in [5.41, 5.74) is 0. The van der Waals surface area contributed by atoms with Crippen molar-refractivity contribution in [1.29, 1.82) is 0 Å². The minimum Gasteiger partial charge on any atom is -0.494 e. The average Bonchev–Trinajstić information content (AvgIpc) is 2.46. The van der Waals surface area contributed by atoms with Crippen LogP contribution in [0.4, 0.5) is 0 Å². The fourth-order valence-corrected chi connectivity index (χ4v) is 3.45. The first-order chi connectivity index (χ1) is 9.62. The van der Waals surface area contributed by atoms with E-state index in [9.17, 15) is 8.42 Å². The molecule has 1 saturated heterocycles. The van der Waals surface area contributed by atoms with E-state index >= 15 is 0 Å². The molecule has 20 heavy (non-hydrogen) atoms. The van der Waals surface area contributed by atoms with Crippen molar-refractivity contribution >= 4 is 10.0 Å². The molecule has 0 radical (unpaired) electrons. The smallest absolute Gasteiger partial charge is 0.240 e. The molecule has 0 aliphatic carbocycles. The normalized spacial score (nSPS) is 19.8. The maximum absolute atomic E-state index is 12.2. The van der Waals surface area contributed by atoms with Crippen LogP contribution in [0.25, 0.3) is 0 Å². The molecule has 1 atom stereocenters. The van der Waals surface area contributed by atoms with E-state index in [2.05, 4.69) is 10.0 Å². The summed E-state index contributed by atoms with van der Waals surface area (Å²) < 4.78 is 32.7. The van der Waals surface area contributed by atoms with Crippen molar-refractivity contribution in [3.63, 3.8) is 0 Å². The molecule has 0 aromatic heterocycles. The van der Waals surface area contributed by atoms with Crippen LogP contribution in [-0.4, -0.2) is 34.2 Å². The van der Waals surface area contributed by atoms with E-state index in [1.807, 2.05) is 6.92 Å². The number of ether oxygens (including phenoxy) is 1. The molecule has 1 aliphatic heterocycles. The molecule has 2 N–H and O–H groups in total. The number of rotatable bonds is 6. The molecule has 1 unspecified atom stereocenters. The summed E-state index contributed by atoms with van der Waals surface area (Å²) in [5, 5.41) is 3.19. The van der Waals surface area contributed by atoms with Crippen molar-refractivity contribution in [2.24, 2.45) is 0 Å². The number of hydrogen-bond acceptors (Lipinski definition) is 4. The SMILES string of the molecule is CCCOc1ccc(S(=O)(=O)NC2CCCNC2)cc1. The highest BCUT2D eigenvalue weighted by atomic mass is 32.2. The van der Waals surface area contributed by atoms with E-state index in [4.69, 9.17) is 4.74 Å². The van der Waals surface area contributed by atoms with Gasteiger partial charge in [0.2, 0.25) is 10.0 Å². The average molecular weight is 298 g/mol. The fraction of sp³-hybridized carbons (Fsp3) is 0.571. The lowest BCUT2D eigenvalue weighted by atomic mass is 10.1. The van der Waals surface area contributed by atoms with Crippen molar-refractivity contribution in [1.82, 2.24) is 10.0 Å². The number of benzene rings is 1. The molecule has 0 saturated carbocycles. The highest BCUT2D eigenvalue weighted by molar-refractivity contribution is 7.89. The Labute approximate surface area is 120 Å². The van der Waals surface area contributed by atoms with Gasteiger partial charge in [0.15, 0.2) is 0 Å². The quantitative estimate of drug-likeness (QED) is 0.835. The summed E-state index contributed by atoms with van der Waals surface area (Å²) in [6.45, 7) is 4.32. The van der Waals surface area contributed by atoms with Gasteiger partial charge in [-0.1, -0.05) is 6.92 Å². The first kappa shape index (κ1) is 15.3. The summed E-state index contributed by atoms with van der Waals surface area (Å²) in [6.07, 6.45) is 2.80. The van der Waals surface area contributed by atoms with Crippen molar-refractivity contribution in [3.8, 4) is 5.75 Å². The third-order valence-electron chi connectivity index (χ3n) is 3.23. The zero-order chi connectivity index (χ0) is 14.4. The van der Waals surface area contributed by atoms with E-state index in [0.29, 0.717) is 18.9 Å². The van der Waals surface area contributed by atoms with E-state index in [1.54, 1.807) is 24.3 Å². The zero-order valence-corrected chi connectivity index (χ0v) is 12.6. The molecule has 112 valence electrons. The highest BCUT2D eigenvalue weighted by Gasteiger charge is 2.21. The Balaban J connectivity index is 2.01. The molecule has 0 bridgehead atoms. The van der Waals surface area contributed by atoms with Gasteiger partial charge in [-0.3, -0.25) is 0 Å².